The minimum atomic E-state index is -3.29. The number of aromatic nitrogens is 1. The Kier molecular flexibility index (Phi) is 3.17. The number of rotatable bonds is 2. The van der Waals surface area contributed by atoms with Gasteiger partial charge in [-0.05, 0) is 31.4 Å². The zero-order valence-corrected chi connectivity index (χ0v) is 12.2. The number of fused-ring (bicyclic) bond motifs is 1. The molecule has 0 aliphatic carbocycles. The lowest BCUT2D eigenvalue weighted by molar-refractivity contribution is 0.0983. The summed E-state index contributed by atoms with van der Waals surface area (Å²) >= 11 is 0. The number of carbonyl (C=O) groups excluding carboxylic acids is 1. The van der Waals surface area contributed by atoms with E-state index < -0.39 is 15.1 Å². The molecule has 3 rings (SSSR count). The van der Waals surface area contributed by atoms with E-state index in [0.29, 0.717) is 18.4 Å². The van der Waals surface area contributed by atoms with E-state index in [1.165, 1.54) is 0 Å². The zero-order valence-electron chi connectivity index (χ0n) is 11.3. The van der Waals surface area contributed by atoms with Gasteiger partial charge in [0.05, 0.1) is 5.75 Å². The molecule has 0 spiro atoms. The SMILES string of the molecule is Cc1ccc2c(C(=O)C3CCCCS3(=O)=O)c[nH]c2c1. The van der Waals surface area contributed by atoms with Crippen molar-refractivity contribution in [2.45, 2.75) is 31.4 Å². The number of Topliss-reactive ketones (excluding diaryl/α,β-unsaturated/α-hetero) is 1. The third-order valence-corrected chi connectivity index (χ3v) is 6.15. The first kappa shape index (κ1) is 13.4. The molecule has 1 aliphatic rings. The molecule has 1 fully saturated rings. The summed E-state index contributed by atoms with van der Waals surface area (Å²) in [6.07, 6.45) is 3.55. The summed E-state index contributed by atoms with van der Waals surface area (Å²) in [4.78, 5) is 15.6. The van der Waals surface area contributed by atoms with Crippen molar-refractivity contribution in [3.05, 3.63) is 35.5 Å². The second kappa shape index (κ2) is 4.74. The van der Waals surface area contributed by atoms with Crippen LogP contribution in [0.25, 0.3) is 10.9 Å². The van der Waals surface area contributed by atoms with Crippen LogP contribution < -0.4 is 0 Å². The molecule has 1 atom stereocenters. The Balaban J connectivity index is 2.04. The third kappa shape index (κ3) is 2.16. The molecule has 5 heteroatoms. The average Bonchev–Trinajstić information content (AvgIpc) is 2.80. The standard InChI is InChI=1S/C15H17NO3S/c1-10-5-6-11-12(9-16-13(11)8-10)15(17)14-4-2-3-7-20(14,18)19/h5-6,8-9,14,16H,2-4,7H2,1H3. The van der Waals surface area contributed by atoms with Gasteiger partial charge in [-0.25, -0.2) is 8.42 Å². The topological polar surface area (TPSA) is 67.0 Å². The maximum Gasteiger partial charge on any atom is 0.183 e. The highest BCUT2D eigenvalue weighted by Crippen LogP contribution is 2.27. The fourth-order valence-corrected chi connectivity index (χ4v) is 4.74. The van der Waals surface area contributed by atoms with E-state index in [1.54, 1.807) is 6.20 Å². The molecule has 0 saturated carbocycles. The Bertz CT molecular complexity index is 774. The van der Waals surface area contributed by atoms with E-state index in [9.17, 15) is 13.2 Å². The molecular formula is C15H17NO3S. The summed E-state index contributed by atoms with van der Waals surface area (Å²) in [5.74, 6) is -0.134. The van der Waals surface area contributed by atoms with E-state index in [4.69, 9.17) is 0 Å². The minimum Gasteiger partial charge on any atom is -0.360 e. The van der Waals surface area contributed by atoms with Crippen LogP contribution in [0.2, 0.25) is 0 Å². The van der Waals surface area contributed by atoms with Crippen molar-refractivity contribution in [3.8, 4) is 0 Å². The van der Waals surface area contributed by atoms with E-state index in [-0.39, 0.29) is 11.5 Å². The number of benzene rings is 1. The first-order chi connectivity index (χ1) is 9.49. The summed E-state index contributed by atoms with van der Waals surface area (Å²) in [5.41, 5.74) is 2.47. The number of ketones is 1. The molecule has 106 valence electrons. The van der Waals surface area contributed by atoms with Gasteiger partial charge >= 0.3 is 0 Å². The summed E-state index contributed by atoms with van der Waals surface area (Å²) in [6, 6.07) is 5.77. The van der Waals surface area contributed by atoms with Crippen LogP contribution in [0.3, 0.4) is 0 Å². The van der Waals surface area contributed by atoms with Gasteiger partial charge in [-0.2, -0.15) is 0 Å². The Hall–Kier alpha value is -1.62. The second-order valence-corrected chi connectivity index (χ2v) is 7.77. The minimum absolute atomic E-state index is 0.130. The number of H-pyrrole nitrogens is 1. The molecule has 1 unspecified atom stereocenters. The lowest BCUT2D eigenvalue weighted by atomic mass is 10.0. The highest BCUT2D eigenvalue weighted by Gasteiger charge is 2.36. The molecule has 1 N–H and O–H groups in total. The lowest BCUT2D eigenvalue weighted by Gasteiger charge is -2.20. The molecule has 1 aromatic heterocycles. The van der Waals surface area contributed by atoms with Crippen LogP contribution in [-0.2, 0) is 9.84 Å². The number of aromatic amines is 1. The van der Waals surface area contributed by atoms with Crippen LogP contribution in [0.15, 0.2) is 24.4 Å². The molecule has 20 heavy (non-hydrogen) atoms. The van der Waals surface area contributed by atoms with Gasteiger partial charge in [0.25, 0.3) is 0 Å². The van der Waals surface area contributed by atoms with Crippen LogP contribution in [0.4, 0.5) is 0 Å². The molecule has 1 saturated heterocycles. The number of hydrogen-bond donors (Lipinski definition) is 1. The third-order valence-electron chi connectivity index (χ3n) is 3.97. The van der Waals surface area contributed by atoms with Crippen molar-refractivity contribution in [3.63, 3.8) is 0 Å². The molecular weight excluding hydrogens is 274 g/mol. The number of carbonyl (C=O) groups is 1. The van der Waals surface area contributed by atoms with Gasteiger partial charge in [-0.3, -0.25) is 4.79 Å². The summed E-state index contributed by atoms with van der Waals surface area (Å²) in [6.45, 7) is 1.98. The molecule has 1 aromatic carbocycles. The number of nitrogens with one attached hydrogen (secondary N) is 1. The molecule has 4 nitrogen and oxygen atoms in total. The lowest BCUT2D eigenvalue weighted by Crippen LogP contribution is -2.35. The molecule has 2 aromatic rings. The fraction of sp³-hybridized carbons (Fsp3) is 0.400. The van der Waals surface area contributed by atoms with Crippen molar-refractivity contribution in [2.24, 2.45) is 0 Å². The van der Waals surface area contributed by atoms with Gasteiger partial charge in [0.15, 0.2) is 15.6 Å². The van der Waals surface area contributed by atoms with Crippen LogP contribution in [0.5, 0.6) is 0 Å². The molecule has 2 heterocycles. The van der Waals surface area contributed by atoms with Gasteiger partial charge in [-0.1, -0.05) is 18.6 Å². The van der Waals surface area contributed by atoms with E-state index in [0.717, 1.165) is 22.9 Å². The van der Waals surface area contributed by atoms with E-state index >= 15 is 0 Å². The Morgan fingerprint density at radius 1 is 1.30 bits per heavy atom. The Morgan fingerprint density at radius 3 is 2.85 bits per heavy atom. The highest BCUT2D eigenvalue weighted by molar-refractivity contribution is 7.92. The van der Waals surface area contributed by atoms with Crippen LogP contribution in [0, 0.1) is 6.92 Å². The number of aryl methyl sites for hydroxylation is 1. The quantitative estimate of drug-likeness (QED) is 0.865. The number of hydrogen-bond acceptors (Lipinski definition) is 3. The summed E-state index contributed by atoms with van der Waals surface area (Å²) in [7, 11) is -3.29. The molecule has 0 amide bonds. The predicted octanol–water partition coefficient (Wildman–Crippen LogP) is 2.63. The monoisotopic (exact) mass is 291 g/mol. The van der Waals surface area contributed by atoms with Crippen molar-refractivity contribution in [2.75, 3.05) is 5.75 Å². The van der Waals surface area contributed by atoms with Gasteiger partial charge in [-0.15, -0.1) is 0 Å². The van der Waals surface area contributed by atoms with Gasteiger partial charge < -0.3 is 4.98 Å². The number of sulfone groups is 1. The zero-order chi connectivity index (χ0) is 14.3. The van der Waals surface area contributed by atoms with Crippen molar-refractivity contribution >= 4 is 26.5 Å². The van der Waals surface area contributed by atoms with Crippen molar-refractivity contribution in [1.82, 2.24) is 4.98 Å². The Morgan fingerprint density at radius 2 is 2.10 bits per heavy atom. The normalized spacial score (nSPS) is 21.9. The average molecular weight is 291 g/mol. The summed E-state index contributed by atoms with van der Waals surface area (Å²) in [5, 5.41) is -0.0575. The molecule has 1 aliphatic heterocycles. The molecule has 0 radical (unpaired) electrons. The van der Waals surface area contributed by atoms with Crippen molar-refractivity contribution in [1.29, 1.82) is 0 Å². The van der Waals surface area contributed by atoms with E-state index in [1.807, 2.05) is 25.1 Å². The predicted molar refractivity (Wildman–Crippen MR) is 78.8 cm³/mol. The van der Waals surface area contributed by atoms with Crippen LogP contribution in [-0.4, -0.2) is 30.2 Å². The maximum absolute atomic E-state index is 12.6. The smallest absolute Gasteiger partial charge is 0.183 e. The Labute approximate surface area is 118 Å². The first-order valence-electron chi connectivity index (χ1n) is 6.82. The van der Waals surface area contributed by atoms with Gasteiger partial charge in [0, 0.05) is 22.7 Å². The van der Waals surface area contributed by atoms with Crippen LogP contribution in [0.1, 0.15) is 35.2 Å². The first-order valence-corrected chi connectivity index (χ1v) is 8.54. The fourth-order valence-electron chi connectivity index (χ4n) is 2.87. The van der Waals surface area contributed by atoms with E-state index in [2.05, 4.69) is 4.98 Å². The molecule has 0 bridgehead atoms. The van der Waals surface area contributed by atoms with Crippen LogP contribution >= 0.6 is 0 Å². The second-order valence-electron chi connectivity index (χ2n) is 5.47. The van der Waals surface area contributed by atoms with Crippen molar-refractivity contribution < 1.29 is 13.2 Å². The highest BCUT2D eigenvalue weighted by atomic mass is 32.2. The van der Waals surface area contributed by atoms with Gasteiger partial charge in [0.1, 0.15) is 5.25 Å². The maximum atomic E-state index is 12.6. The summed E-state index contributed by atoms with van der Waals surface area (Å²) < 4.78 is 24.2. The largest absolute Gasteiger partial charge is 0.360 e. The van der Waals surface area contributed by atoms with Gasteiger partial charge in [0.2, 0.25) is 0 Å².